The monoisotopic (exact) mass is 381 g/mol. The van der Waals surface area contributed by atoms with Crippen molar-refractivity contribution in [3.63, 3.8) is 0 Å². The molecule has 5 nitrogen and oxygen atoms in total. The highest BCUT2D eigenvalue weighted by molar-refractivity contribution is 5.77. The Kier molecular flexibility index (Phi) is 7.06. The van der Waals surface area contributed by atoms with Crippen molar-refractivity contribution in [3.8, 4) is 5.75 Å². The number of rotatable bonds is 8. The van der Waals surface area contributed by atoms with Gasteiger partial charge in [-0.25, -0.2) is 0 Å². The summed E-state index contributed by atoms with van der Waals surface area (Å²) >= 11 is 0. The molecule has 0 bridgehead atoms. The number of hydrogen-bond acceptors (Lipinski definition) is 4. The van der Waals surface area contributed by atoms with Crippen LogP contribution in [-0.2, 0) is 24.3 Å². The van der Waals surface area contributed by atoms with Crippen molar-refractivity contribution in [1.82, 2.24) is 14.7 Å². The summed E-state index contributed by atoms with van der Waals surface area (Å²) in [5.74, 6) is 0.877. The Hall–Kier alpha value is -2.37. The van der Waals surface area contributed by atoms with Gasteiger partial charge in [0.25, 0.3) is 5.91 Å². The minimum absolute atomic E-state index is 0.0243. The van der Waals surface area contributed by atoms with Gasteiger partial charge in [-0.15, -0.1) is 0 Å². The van der Waals surface area contributed by atoms with Crippen LogP contribution in [0.1, 0.15) is 16.7 Å². The first kappa shape index (κ1) is 20.4. The van der Waals surface area contributed by atoms with Crippen LogP contribution in [0.5, 0.6) is 5.75 Å². The fourth-order valence-electron chi connectivity index (χ4n) is 3.50. The molecule has 1 heterocycles. The maximum absolute atomic E-state index is 12.9. The van der Waals surface area contributed by atoms with Crippen LogP contribution in [-0.4, -0.2) is 68.0 Å². The van der Waals surface area contributed by atoms with E-state index < -0.39 is 0 Å². The molecule has 0 aromatic heterocycles. The second kappa shape index (κ2) is 9.71. The van der Waals surface area contributed by atoms with Crippen molar-refractivity contribution < 1.29 is 9.53 Å². The largest absolute Gasteiger partial charge is 0.483 e. The number of amides is 1. The van der Waals surface area contributed by atoms with E-state index in [1.165, 1.54) is 11.1 Å². The first-order chi connectivity index (χ1) is 13.5. The van der Waals surface area contributed by atoms with E-state index in [9.17, 15) is 4.79 Å². The van der Waals surface area contributed by atoms with Gasteiger partial charge in [0.15, 0.2) is 6.61 Å². The van der Waals surface area contributed by atoms with E-state index in [0.29, 0.717) is 13.1 Å². The molecule has 2 aromatic rings. The van der Waals surface area contributed by atoms with Crippen LogP contribution in [0.2, 0.25) is 0 Å². The molecule has 3 rings (SSSR count). The van der Waals surface area contributed by atoms with E-state index in [0.717, 1.165) is 37.4 Å². The lowest BCUT2D eigenvalue weighted by atomic mass is 9.99. The molecule has 5 heteroatoms. The van der Waals surface area contributed by atoms with Gasteiger partial charge in [-0.1, -0.05) is 42.5 Å². The van der Waals surface area contributed by atoms with Gasteiger partial charge >= 0.3 is 0 Å². The SMILES string of the molecule is CN(C)CCN(Cc1ccccc1)C(=O)COc1cccc2c1CCN(C)C2. The molecule has 1 aliphatic rings. The molecular formula is C23H31N3O2. The molecule has 0 atom stereocenters. The zero-order chi connectivity index (χ0) is 19.9. The van der Waals surface area contributed by atoms with Crippen LogP contribution >= 0.6 is 0 Å². The fraction of sp³-hybridized carbons (Fsp3) is 0.435. The van der Waals surface area contributed by atoms with Gasteiger partial charge in [-0.05, 0) is 50.3 Å². The molecule has 0 unspecified atom stereocenters. The Morgan fingerprint density at radius 3 is 2.61 bits per heavy atom. The normalized spacial score (nSPS) is 14.0. The molecule has 0 aliphatic carbocycles. The number of carbonyl (C=O) groups excluding carboxylic acids is 1. The van der Waals surface area contributed by atoms with E-state index in [1.54, 1.807) is 0 Å². The molecule has 0 saturated heterocycles. The van der Waals surface area contributed by atoms with Crippen LogP contribution in [0.25, 0.3) is 0 Å². The highest BCUT2D eigenvalue weighted by atomic mass is 16.5. The summed E-state index contributed by atoms with van der Waals surface area (Å²) in [5, 5.41) is 0. The number of ether oxygens (including phenoxy) is 1. The molecule has 0 spiro atoms. The number of benzene rings is 2. The summed E-state index contributed by atoms with van der Waals surface area (Å²) in [4.78, 5) is 19.2. The first-order valence-corrected chi connectivity index (χ1v) is 9.91. The van der Waals surface area contributed by atoms with Crippen LogP contribution in [0.15, 0.2) is 48.5 Å². The molecule has 150 valence electrons. The van der Waals surface area contributed by atoms with Gasteiger partial charge in [0.2, 0.25) is 0 Å². The maximum Gasteiger partial charge on any atom is 0.260 e. The molecule has 0 saturated carbocycles. The first-order valence-electron chi connectivity index (χ1n) is 9.91. The number of fused-ring (bicyclic) bond motifs is 1. The number of hydrogen-bond donors (Lipinski definition) is 0. The lowest BCUT2D eigenvalue weighted by Gasteiger charge is -2.27. The zero-order valence-corrected chi connectivity index (χ0v) is 17.2. The third kappa shape index (κ3) is 5.57. The summed E-state index contributed by atoms with van der Waals surface area (Å²) in [6.45, 7) is 4.14. The standard InChI is InChI=1S/C23H31N3O2/c1-24(2)14-15-26(16-19-8-5-4-6-9-19)23(27)18-28-22-11-7-10-20-17-25(3)13-12-21(20)22/h4-11H,12-18H2,1-3H3. The summed E-state index contributed by atoms with van der Waals surface area (Å²) < 4.78 is 6.00. The predicted octanol–water partition coefficient (Wildman–Crippen LogP) is 2.64. The highest BCUT2D eigenvalue weighted by Gasteiger charge is 2.19. The molecular weight excluding hydrogens is 350 g/mol. The van der Waals surface area contributed by atoms with Gasteiger partial charge in [0.05, 0.1) is 0 Å². The average Bonchev–Trinajstić information content (AvgIpc) is 2.69. The quantitative estimate of drug-likeness (QED) is 0.704. The second-order valence-electron chi connectivity index (χ2n) is 7.77. The predicted molar refractivity (Wildman–Crippen MR) is 112 cm³/mol. The Morgan fingerprint density at radius 1 is 1.07 bits per heavy atom. The molecule has 0 radical (unpaired) electrons. The highest BCUT2D eigenvalue weighted by Crippen LogP contribution is 2.27. The van der Waals surface area contributed by atoms with E-state index in [1.807, 2.05) is 49.3 Å². The molecule has 0 N–H and O–H groups in total. The minimum Gasteiger partial charge on any atom is -0.483 e. The van der Waals surface area contributed by atoms with E-state index >= 15 is 0 Å². The summed E-state index contributed by atoms with van der Waals surface area (Å²) in [6, 6.07) is 16.3. The average molecular weight is 382 g/mol. The van der Waals surface area contributed by atoms with Gasteiger partial charge in [-0.3, -0.25) is 4.79 Å². The lowest BCUT2D eigenvalue weighted by molar-refractivity contribution is -0.134. The van der Waals surface area contributed by atoms with Gasteiger partial charge in [-0.2, -0.15) is 0 Å². The third-order valence-corrected chi connectivity index (χ3v) is 5.15. The Labute approximate surface area is 168 Å². The van der Waals surface area contributed by atoms with E-state index in [4.69, 9.17) is 4.74 Å². The van der Waals surface area contributed by atoms with Crippen molar-refractivity contribution >= 4 is 5.91 Å². The number of nitrogens with zero attached hydrogens (tertiary/aromatic N) is 3. The Morgan fingerprint density at radius 2 is 1.86 bits per heavy atom. The van der Waals surface area contributed by atoms with Crippen molar-refractivity contribution in [2.45, 2.75) is 19.5 Å². The zero-order valence-electron chi connectivity index (χ0n) is 17.2. The number of likely N-dealkylation sites (N-methyl/N-ethyl adjacent to an activating group) is 2. The van der Waals surface area contributed by atoms with Crippen LogP contribution in [0.4, 0.5) is 0 Å². The van der Waals surface area contributed by atoms with Gasteiger partial charge in [0.1, 0.15) is 5.75 Å². The van der Waals surface area contributed by atoms with Crippen LogP contribution < -0.4 is 4.74 Å². The van der Waals surface area contributed by atoms with E-state index in [2.05, 4.69) is 35.0 Å². The maximum atomic E-state index is 12.9. The molecule has 28 heavy (non-hydrogen) atoms. The molecule has 1 amide bonds. The van der Waals surface area contributed by atoms with Crippen molar-refractivity contribution in [1.29, 1.82) is 0 Å². The van der Waals surface area contributed by atoms with Crippen LogP contribution in [0, 0.1) is 0 Å². The van der Waals surface area contributed by atoms with Gasteiger partial charge < -0.3 is 19.4 Å². The third-order valence-electron chi connectivity index (χ3n) is 5.15. The van der Waals surface area contributed by atoms with E-state index in [-0.39, 0.29) is 12.5 Å². The molecule has 1 aliphatic heterocycles. The van der Waals surface area contributed by atoms with Crippen molar-refractivity contribution in [2.75, 3.05) is 47.4 Å². The lowest BCUT2D eigenvalue weighted by Crippen LogP contribution is -2.39. The second-order valence-corrected chi connectivity index (χ2v) is 7.77. The molecule has 0 fully saturated rings. The summed E-state index contributed by atoms with van der Waals surface area (Å²) in [5.41, 5.74) is 3.68. The Balaban J connectivity index is 1.65. The summed E-state index contributed by atoms with van der Waals surface area (Å²) in [7, 11) is 6.18. The topological polar surface area (TPSA) is 36.0 Å². The van der Waals surface area contributed by atoms with Crippen molar-refractivity contribution in [3.05, 3.63) is 65.2 Å². The summed E-state index contributed by atoms with van der Waals surface area (Å²) in [6.07, 6.45) is 0.963. The molecule has 2 aromatic carbocycles. The minimum atomic E-state index is 0.0243. The number of carbonyl (C=O) groups is 1. The fourth-order valence-corrected chi connectivity index (χ4v) is 3.50. The van der Waals surface area contributed by atoms with Gasteiger partial charge in [0, 0.05) is 32.7 Å². The Bertz CT molecular complexity index is 777. The van der Waals surface area contributed by atoms with Crippen LogP contribution in [0.3, 0.4) is 0 Å². The van der Waals surface area contributed by atoms with Crippen molar-refractivity contribution in [2.24, 2.45) is 0 Å². The smallest absolute Gasteiger partial charge is 0.260 e.